The van der Waals surface area contributed by atoms with E-state index in [0.29, 0.717) is 24.2 Å². The number of hydrogen-bond donors (Lipinski definition) is 1. The van der Waals surface area contributed by atoms with Gasteiger partial charge in [0.25, 0.3) is 0 Å². The van der Waals surface area contributed by atoms with Crippen LogP contribution in [0.2, 0.25) is 0 Å². The molecule has 17 heavy (non-hydrogen) atoms. The average molecular weight is 239 g/mol. The highest BCUT2D eigenvalue weighted by Crippen LogP contribution is 2.38. The smallest absolute Gasteiger partial charge is 0.230 e. The number of hydrogen-bond acceptors (Lipinski definition) is 5. The molecule has 0 radical (unpaired) electrons. The first-order chi connectivity index (χ1) is 8.13. The molecule has 0 aromatic carbocycles. The largest absolute Gasteiger partial charge is 0.423 e. The van der Waals surface area contributed by atoms with E-state index in [1.54, 1.807) is 0 Å². The van der Waals surface area contributed by atoms with Crippen LogP contribution < -0.4 is 5.32 Å². The summed E-state index contributed by atoms with van der Waals surface area (Å²) in [6.45, 7) is 9.92. The van der Waals surface area contributed by atoms with E-state index < -0.39 is 0 Å². The predicted molar refractivity (Wildman–Crippen MR) is 63.6 cm³/mol. The quantitative estimate of drug-likeness (QED) is 0.866. The fraction of sp³-hybridized carbons (Fsp3) is 0.833. The maximum atomic E-state index is 5.79. The molecule has 0 amide bonds. The minimum absolute atomic E-state index is 0.146. The molecule has 2 rings (SSSR count). The second-order valence-electron chi connectivity index (χ2n) is 4.75. The van der Waals surface area contributed by atoms with E-state index in [1.165, 1.54) is 0 Å². The second kappa shape index (κ2) is 5.14. The third-order valence-corrected chi connectivity index (χ3v) is 3.54. The fourth-order valence-corrected chi connectivity index (χ4v) is 2.40. The molecule has 4 atom stereocenters. The van der Waals surface area contributed by atoms with Crippen molar-refractivity contribution in [2.24, 2.45) is 5.92 Å². The molecule has 5 heteroatoms. The Morgan fingerprint density at radius 3 is 2.53 bits per heavy atom. The summed E-state index contributed by atoms with van der Waals surface area (Å²) in [5.74, 6) is 1.99. The lowest BCUT2D eigenvalue weighted by Crippen LogP contribution is -2.15. The Kier molecular flexibility index (Phi) is 3.79. The molecule has 0 bridgehead atoms. The molecule has 1 aliphatic heterocycles. The normalized spacial score (nSPS) is 33.2. The van der Waals surface area contributed by atoms with Gasteiger partial charge >= 0.3 is 0 Å². The SMILES string of the molecule is CCNCc1nnc(C2C(C)OC(C)C2C)o1. The molecule has 2 heterocycles. The number of nitrogens with one attached hydrogen (secondary N) is 1. The van der Waals surface area contributed by atoms with Crippen molar-refractivity contribution in [1.82, 2.24) is 15.5 Å². The van der Waals surface area contributed by atoms with Crippen LogP contribution in [0.25, 0.3) is 0 Å². The Labute approximate surface area is 102 Å². The van der Waals surface area contributed by atoms with Crippen LogP contribution in [0.5, 0.6) is 0 Å². The van der Waals surface area contributed by atoms with E-state index in [2.05, 4.69) is 36.3 Å². The van der Waals surface area contributed by atoms with Gasteiger partial charge in [0.2, 0.25) is 11.8 Å². The summed E-state index contributed by atoms with van der Waals surface area (Å²) in [6, 6.07) is 0. The third-order valence-electron chi connectivity index (χ3n) is 3.54. The van der Waals surface area contributed by atoms with Gasteiger partial charge in [0, 0.05) is 0 Å². The van der Waals surface area contributed by atoms with Crippen LogP contribution in [-0.4, -0.2) is 29.0 Å². The lowest BCUT2D eigenvalue weighted by Gasteiger charge is -2.13. The summed E-state index contributed by atoms with van der Waals surface area (Å²) in [6.07, 6.45) is 0.395. The first-order valence-corrected chi connectivity index (χ1v) is 6.32. The fourth-order valence-electron chi connectivity index (χ4n) is 2.40. The number of ether oxygens (including phenoxy) is 1. The molecule has 0 saturated carbocycles. The van der Waals surface area contributed by atoms with Crippen molar-refractivity contribution in [2.45, 2.75) is 52.4 Å². The molecule has 1 aromatic heterocycles. The third kappa shape index (κ3) is 2.50. The van der Waals surface area contributed by atoms with Gasteiger partial charge in [-0.3, -0.25) is 0 Å². The van der Waals surface area contributed by atoms with Crippen LogP contribution in [0.3, 0.4) is 0 Å². The predicted octanol–water partition coefficient (Wildman–Crippen LogP) is 1.71. The van der Waals surface area contributed by atoms with Gasteiger partial charge in [0.05, 0.1) is 24.7 Å². The lowest BCUT2D eigenvalue weighted by atomic mass is 9.89. The molecule has 1 saturated heterocycles. The topological polar surface area (TPSA) is 60.2 Å². The first-order valence-electron chi connectivity index (χ1n) is 6.32. The molecular weight excluding hydrogens is 218 g/mol. The van der Waals surface area contributed by atoms with Gasteiger partial charge in [-0.15, -0.1) is 10.2 Å². The van der Waals surface area contributed by atoms with Gasteiger partial charge < -0.3 is 14.5 Å². The zero-order chi connectivity index (χ0) is 12.4. The molecule has 1 fully saturated rings. The summed E-state index contributed by atoms with van der Waals surface area (Å²) >= 11 is 0. The Balaban J connectivity index is 2.09. The van der Waals surface area contributed by atoms with Gasteiger partial charge in [0.15, 0.2) is 0 Å². The van der Waals surface area contributed by atoms with Crippen LogP contribution >= 0.6 is 0 Å². The number of nitrogens with zero attached hydrogens (tertiary/aromatic N) is 2. The van der Waals surface area contributed by atoms with E-state index in [0.717, 1.165) is 6.54 Å². The van der Waals surface area contributed by atoms with Gasteiger partial charge in [-0.25, -0.2) is 0 Å². The molecule has 1 aliphatic rings. The standard InChI is InChI=1S/C12H21N3O2/c1-5-13-6-10-14-15-12(17-10)11-7(2)8(3)16-9(11)4/h7-9,11,13H,5-6H2,1-4H3. The van der Waals surface area contributed by atoms with Gasteiger partial charge in [-0.1, -0.05) is 13.8 Å². The zero-order valence-corrected chi connectivity index (χ0v) is 10.9. The first kappa shape index (κ1) is 12.5. The molecule has 0 spiro atoms. The number of rotatable bonds is 4. The molecule has 4 unspecified atom stereocenters. The molecule has 5 nitrogen and oxygen atoms in total. The van der Waals surface area contributed by atoms with Gasteiger partial charge in [-0.05, 0) is 26.3 Å². The van der Waals surface area contributed by atoms with Crippen molar-refractivity contribution in [1.29, 1.82) is 0 Å². The summed E-state index contributed by atoms with van der Waals surface area (Å²) in [7, 11) is 0. The Morgan fingerprint density at radius 2 is 1.94 bits per heavy atom. The van der Waals surface area contributed by atoms with Crippen molar-refractivity contribution >= 4 is 0 Å². The maximum absolute atomic E-state index is 5.79. The van der Waals surface area contributed by atoms with Gasteiger partial charge in [0.1, 0.15) is 0 Å². The van der Waals surface area contributed by atoms with Crippen molar-refractivity contribution in [3.63, 3.8) is 0 Å². The van der Waals surface area contributed by atoms with Crippen molar-refractivity contribution in [2.75, 3.05) is 6.54 Å². The Morgan fingerprint density at radius 1 is 1.18 bits per heavy atom. The highest BCUT2D eigenvalue weighted by Gasteiger charge is 2.41. The monoisotopic (exact) mass is 239 g/mol. The highest BCUT2D eigenvalue weighted by atomic mass is 16.5. The molecule has 1 aromatic rings. The van der Waals surface area contributed by atoms with Crippen LogP contribution in [0, 0.1) is 5.92 Å². The van der Waals surface area contributed by atoms with E-state index in [-0.39, 0.29) is 18.1 Å². The van der Waals surface area contributed by atoms with Crippen LogP contribution in [0.1, 0.15) is 45.4 Å². The van der Waals surface area contributed by atoms with Crippen molar-refractivity contribution in [3.05, 3.63) is 11.8 Å². The molecule has 0 aliphatic carbocycles. The van der Waals surface area contributed by atoms with E-state index in [9.17, 15) is 0 Å². The average Bonchev–Trinajstić information content (AvgIpc) is 2.83. The van der Waals surface area contributed by atoms with Crippen LogP contribution in [-0.2, 0) is 11.3 Å². The summed E-state index contributed by atoms with van der Waals surface area (Å²) in [5, 5.41) is 11.4. The Bertz CT molecular complexity index is 366. The maximum Gasteiger partial charge on any atom is 0.230 e. The van der Waals surface area contributed by atoms with Crippen molar-refractivity contribution < 1.29 is 9.15 Å². The van der Waals surface area contributed by atoms with E-state index in [4.69, 9.17) is 9.15 Å². The van der Waals surface area contributed by atoms with E-state index in [1.807, 2.05) is 6.92 Å². The zero-order valence-electron chi connectivity index (χ0n) is 10.9. The van der Waals surface area contributed by atoms with Crippen LogP contribution in [0.15, 0.2) is 4.42 Å². The van der Waals surface area contributed by atoms with Gasteiger partial charge in [-0.2, -0.15) is 0 Å². The minimum Gasteiger partial charge on any atom is -0.423 e. The summed E-state index contributed by atoms with van der Waals surface area (Å²) < 4.78 is 11.5. The summed E-state index contributed by atoms with van der Waals surface area (Å²) in [4.78, 5) is 0. The lowest BCUT2D eigenvalue weighted by molar-refractivity contribution is 0.0544. The number of aromatic nitrogens is 2. The van der Waals surface area contributed by atoms with Crippen LogP contribution in [0.4, 0.5) is 0 Å². The molecule has 1 N–H and O–H groups in total. The minimum atomic E-state index is 0.146. The highest BCUT2D eigenvalue weighted by molar-refractivity contribution is 5.02. The van der Waals surface area contributed by atoms with Crippen molar-refractivity contribution in [3.8, 4) is 0 Å². The molecular formula is C12H21N3O2. The van der Waals surface area contributed by atoms with E-state index >= 15 is 0 Å². The summed E-state index contributed by atoms with van der Waals surface area (Å²) in [5.41, 5.74) is 0. The molecule has 96 valence electrons. The second-order valence-corrected chi connectivity index (χ2v) is 4.75. The Hall–Kier alpha value is -0.940.